The van der Waals surface area contributed by atoms with Crippen molar-refractivity contribution in [1.82, 2.24) is 9.58 Å². The number of ether oxygens (including phenoxy) is 2. The van der Waals surface area contributed by atoms with Crippen molar-refractivity contribution in [2.45, 2.75) is 31.7 Å². The van der Waals surface area contributed by atoms with Crippen molar-refractivity contribution in [3.8, 4) is 11.5 Å². The number of hydrogen-bond donors (Lipinski definition) is 1. The fourth-order valence-corrected chi connectivity index (χ4v) is 6.11. The van der Waals surface area contributed by atoms with Gasteiger partial charge in [0.2, 0.25) is 5.43 Å². The van der Waals surface area contributed by atoms with E-state index in [1.165, 1.54) is 23.0 Å². The van der Waals surface area contributed by atoms with Gasteiger partial charge in [-0.3, -0.25) is 19.3 Å². The summed E-state index contributed by atoms with van der Waals surface area (Å²) in [6.45, 7) is 3.85. The minimum atomic E-state index is -0.715. The van der Waals surface area contributed by atoms with Gasteiger partial charge < -0.3 is 24.4 Å². The predicted molar refractivity (Wildman–Crippen MR) is 132 cm³/mol. The van der Waals surface area contributed by atoms with Crippen LogP contribution in [0.25, 0.3) is 0 Å². The van der Waals surface area contributed by atoms with E-state index in [-0.39, 0.29) is 30.7 Å². The highest BCUT2D eigenvalue weighted by atomic mass is 19.1. The summed E-state index contributed by atoms with van der Waals surface area (Å²) in [4.78, 5) is 29.7. The molecule has 0 saturated carbocycles. The number of fused-ring (bicyclic) bond motifs is 3. The molecule has 7 rings (SSSR count). The van der Waals surface area contributed by atoms with E-state index in [2.05, 4.69) is 11.8 Å². The Morgan fingerprint density at radius 1 is 1.05 bits per heavy atom. The largest absolute Gasteiger partial charge is 0.502 e. The average Bonchev–Trinajstić information content (AvgIpc) is 3.05. The quantitative estimate of drug-likeness (QED) is 0.544. The molecule has 1 fully saturated rings. The number of pyridine rings is 1. The van der Waals surface area contributed by atoms with Crippen molar-refractivity contribution in [2.24, 2.45) is 0 Å². The van der Waals surface area contributed by atoms with Crippen molar-refractivity contribution < 1.29 is 23.8 Å². The van der Waals surface area contributed by atoms with Gasteiger partial charge in [-0.1, -0.05) is 24.3 Å². The predicted octanol–water partition coefficient (Wildman–Crippen LogP) is 2.33. The second-order valence-corrected chi connectivity index (χ2v) is 9.85. The molecule has 4 aliphatic heterocycles. The SMILES string of the molecule is CC1COc2cccc3c2N1Cc1cccc(F)c1[C@@H]3N1[C@@H]2COCCN2C(=O)c2c(O)c(=O)ccn21. The van der Waals surface area contributed by atoms with E-state index >= 15 is 4.39 Å². The summed E-state index contributed by atoms with van der Waals surface area (Å²) in [5, 5.41) is 12.6. The standard InChI is InChI=1S/C27H25FN4O5/c1-15-13-37-20-7-3-5-17-23(20)30(15)12-16-4-2-6-18(28)22(16)24(17)32-21-14-36-11-10-29(21)27(35)25-26(34)19(33)8-9-31(25)32/h2-9,15,21,24,34H,10-14H2,1H3/t15?,21-,24-/m1/s1. The second kappa shape index (κ2) is 7.97. The second-order valence-electron chi connectivity index (χ2n) is 9.85. The maximum atomic E-state index is 15.9. The number of aromatic nitrogens is 1. The summed E-state index contributed by atoms with van der Waals surface area (Å²) in [5.41, 5.74) is 2.17. The number of benzene rings is 2. The molecule has 0 bridgehead atoms. The van der Waals surface area contributed by atoms with Crippen LogP contribution in [0, 0.1) is 5.82 Å². The van der Waals surface area contributed by atoms with Crippen molar-refractivity contribution in [3.05, 3.63) is 87.1 Å². The Bertz CT molecular complexity index is 1510. The van der Waals surface area contributed by atoms with E-state index < -0.39 is 29.3 Å². The van der Waals surface area contributed by atoms with E-state index in [1.54, 1.807) is 11.0 Å². The number of nitrogens with zero attached hydrogens (tertiary/aromatic N) is 4. The lowest BCUT2D eigenvalue weighted by molar-refractivity contribution is -0.0197. The van der Waals surface area contributed by atoms with Crippen LogP contribution in [0.3, 0.4) is 0 Å². The van der Waals surface area contributed by atoms with Gasteiger partial charge in [-0.25, -0.2) is 4.39 Å². The first-order valence-electron chi connectivity index (χ1n) is 12.4. The number of halogens is 1. The van der Waals surface area contributed by atoms with Gasteiger partial charge >= 0.3 is 0 Å². The molecular formula is C27H25FN4O5. The zero-order valence-electron chi connectivity index (χ0n) is 20.1. The molecule has 10 heteroatoms. The minimum Gasteiger partial charge on any atom is -0.502 e. The van der Waals surface area contributed by atoms with Crippen LogP contribution in [0.1, 0.15) is 40.1 Å². The summed E-state index contributed by atoms with van der Waals surface area (Å²) < 4.78 is 29.3. The van der Waals surface area contributed by atoms with Crippen LogP contribution in [0.5, 0.6) is 11.5 Å². The molecule has 1 saturated heterocycles. The molecule has 3 atom stereocenters. The van der Waals surface area contributed by atoms with Crippen molar-refractivity contribution in [2.75, 3.05) is 36.3 Å². The summed E-state index contributed by atoms with van der Waals surface area (Å²) in [7, 11) is 0. The van der Waals surface area contributed by atoms with Crippen LogP contribution in [0.15, 0.2) is 53.5 Å². The molecule has 1 N–H and O–H groups in total. The first-order chi connectivity index (χ1) is 18.0. The third kappa shape index (κ3) is 3.05. The number of para-hydroxylation sites is 1. The Hall–Kier alpha value is -4.05. The lowest BCUT2D eigenvalue weighted by Crippen LogP contribution is -2.66. The van der Waals surface area contributed by atoms with Crippen LogP contribution < -0.4 is 20.1 Å². The number of morpholine rings is 1. The Morgan fingerprint density at radius 2 is 1.89 bits per heavy atom. The molecule has 1 aromatic heterocycles. The van der Waals surface area contributed by atoms with E-state index in [0.29, 0.717) is 31.1 Å². The number of amides is 1. The molecular weight excluding hydrogens is 479 g/mol. The first kappa shape index (κ1) is 22.2. The molecule has 2 aromatic carbocycles. The normalized spacial score (nSPS) is 23.9. The van der Waals surface area contributed by atoms with Crippen LogP contribution in [-0.4, -0.2) is 59.2 Å². The zero-order chi connectivity index (χ0) is 25.4. The smallest absolute Gasteiger partial charge is 0.278 e. The summed E-state index contributed by atoms with van der Waals surface area (Å²) in [6.07, 6.45) is 0.872. The zero-order valence-corrected chi connectivity index (χ0v) is 20.1. The molecule has 9 nitrogen and oxygen atoms in total. The van der Waals surface area contributed by atoms with Crippen molar-refractivity contribution in [3.63, 3.8) is 0 Å². The number of carbonyl (C=O) groups is 1. The highest BCUT2D eigenvalue weighted by Crippen LogP contribution is 2.49. The summed E-state index contributed by atoms with van der Waals surface area (Å²) >= 11 is 0. The molecule has 37 heavy (non-hydrogen) atoms. The lowest BCUT2D eigenvalue weighted by atomic mass is 9.92. The number of anilines is 1. The topological polar surface area (TPSA) is 87.5 Å². The van der Waals surface area contributed by atoms with E-state index in [0.717, 1.165) is 16.8 Å². The third-order valence-corrected chi connectivity index (χ3v) is 7.82. The third-order valence-electron chi connectivity index (χ3n) is 7.82. The summed E-state index contributed by atoms with van der Waals surface area (Å²) in [6, 6.07) is 11.4. The highest BCUT2D eigenvalue weighted by molar-refractivity contribution is 5.96. The molecule has 1 unspecified atom stereocenters. The summed E-state index contributed by atoms with van der Waals surface area (Å²) in [5.74, 6) is -0.753. The van der Waals surface area contributed by atoms with Gasteiger partial charge in [-0.2, -0.15) is 0 Å². The number of carbonyl (C=O) groups excluding carboxylic acids is 1. The van der Waals surface area contributed by atoms with E-state index in [4.69, 9.17) is 9.47 Å². The molecule has 1 amide bonds. The molecule has 0 radical (unpaired) electrons. The van der Waals surface area contributed by atoms with Gasteiger partial charge in [0.1, 0.15) is 30.4 Å². The van der Waals surface area contributed by atoms with Crippen LogP contribution in [0.4, 0.5) is 10.1 Å². The highest BCUT2D eigenvalue weighted by Gasteiger charge is 2.47. The molecule has 0 spiro atoms. The van der Waals surface area contributed by atoms with Crippen LogP contribution in [-0.2, 0) is 11.3 Å². The molecule has 5 heterocycles. The minimum absolute atomic E-state index is 0.0490. The van der Waals surface area contributed by atoms with Gasteiger partial charge in [-0.15, -0.1) is 0 Å². The maximum Gasteiger partial charge on any atom is 0.278 e. The van der Waals surface area contributed by atoms with Gasteiger partial charge in [0.15, 0.2) is 11.4 Å². The van der Waals surface area contributed by atoms with Gasteiger partial charge in [0.25, 0.3) is 5.91 Å². The Balaban J connectivity index is 1.56. The average molecular weight is 505 g/mol. The molecule has 190 valence electrons. The van der Waals surface area contributed by atoms with Crippen molar-refractivity contribution in [1.29, 1.82) is 0 Å². The molecule has 3 aromatic rings. The fourth-order valence-electron chi connectivity index (χ4n) is 6.11. The van der Waals surface area contributed by atoms with Gasteiger partial charge in [0.05, 0.1) is 24.9 Å². The Kier molecular flexibility index (Phi) is 4.78. The van der Waals surface area contributed by atoms with E-state index in [1.807, 2.05) is 29.3 Å². The Labute approximate surface area is 211 Å². The monoisotopic (exact) mass is 504 g/mol. The lowest BCUT2D eigenvalue weighted by Gasteiger charge is -2.51. The molecule has 0 aliphatic carbocycles. The van der Waals surface area contributed by atoms with Crippen molar-refractivity contribution >= 4 is 11.6 Å². The number of aromatic hydroxyl groups is 1. The number of rotatable bonds is 1. The van der Waals surface area contributed by atoms with Gasteiger partial charge in [-0.05, 0) is 24.6 Å². The van der Waals surface area contributed by atoms with E-state index in [9.17, 15) is 14.7 Å². The number of hydrogen-bond acceptors (Lipinski definition) is 7. The Morgan fingerprint density at radius 3 is 2.76 bits per heavy atom. The van der Waals surface area contributed by atoms with Crippen LogP contribution in [0.2, 0.25) is 0 Å². The fraction of sp³-hybridized carbons (Fsp3) is 0.333. The van der Waals surface area contributed by atoms with Gasteiger partial charge in [0, 0.05) is 36.5 Å². The van der Waals surface area contributed by atoms with Crippen LogP contribution >= 0.6 is 0 Å². The molecule has 4 aliphatic rings. The first-order valence-corrected chi connectivity index (χ1v) is 12.4. The maximum absolute atomic E-state index is 15.9.